The summed E-state index contributed by atoms with van der Waals surface area (Å²) in [6.45, 7) is 0. The third kappa shape index (κ3) is 7.58. The summed E-state index contributed by atoms with van der Waals surface area (Å²) in [4.78, 5) is 4.15. The molecule has 316 valence electrons. The van der Waals surface area contributed by atoms with Crippen LogP contribution in [0.2, 0.25) is 0 Å². The van der Waals surface area contributed by atoms with E-state index in [1.54, 1.807) is 0 Å². The first-order valence-electron chi connectivity index (χ1n) is 23.8. The SMILES string of the molecule is C1=CCCC(c2ccc(C(CCc3cccc(-c4cccc(C5=CC6c7ccccc7N(c7cccc8c7C7C=CC=CC7S8)C6CC5)c4)c3)c3ccccc3)c(-c3ccccc3)c2)=C1. The minimum atomic E-state index is 0.256. The van der Waals surface area contributed by atoms with Gasteiger partial charge in [0.05, 0.1) is 0 Å². The summed E-state index contributed by atoms with van der Waals surface area (Å²) in [7, 11) is 0. The second-order valence-corrected chi connectivity index (χ2v) is 19.6. The van der Waals surface area contributed by atoms with Crippen LogP contribution in [0.4, 0.5) is 11.4 Å². The standard InChI is InChI=1S/C63H53NS/c1-4-18-44(19-5-1)50-34-37-53(56(41-50)46-22-8-3-9-23-46)52(45-20-6-2-7-21-45)36-33-43-17-14-24-47(39-43)48-25-15-26-49(40-48)51-35-38-59-57(42-51)54-27-10-12-29-58(54)64(59)60-30-16-32-62-63(60)55-28-11-13-31-61(55)65-62/h1-4,6-18,20-32,34,37,39-42,52,55,57,59,61H,5,19,33,35-36,38H2. The number of rotatable bonds is 10. The lowest BCUT2D eigenvalue weighted by molar-refractivity contribution is 0.570. The summed E-state index contributed by atoms with van der Waals surface area (Å²) in [6, 6.07) is 64.7. The zero-order valence-electron chi connectivity index (χ0n) is 36.8. The number of hydrogen-bond donors (Lipinski definition) is 0. The van der Waals surface area contributed by atoms with Crippen molar-refractivity contribution in [3.05, 3.63) is 257 Å². The first-order valence-corrected chi connectivity index (χ1v) is 24.6. The minimum Gasteiger partial charge on any atom is -0.337 e. The van der Waals surface area contributed by atoms with E-state index in [4.69, 9.17) is 0 Å². The molecule has 7 aromatic carbocycles. The molecule has 0 N–H and O–H groups in total. The number of fused-ring (bicyclic) bond motifs is 6. The van der Waals surface area contributed by atoms with Crippen LogP contribution in [-0.4, -0.2) is 11.3 Å². The second kappa shape index (κ2) is 17.4. The number of para-hydroxylation sites is 1. The van der Waals surface area contributed by atoms with E-state index in [0.29, 0.717) is 23.1 Å². The van der Waals surface area contributed by atoms with Gasteiger partial charge in [0.15, 0.2) is 0 Å². The normalized spacial score (nSPS) is 20.6. The minimum absolute atomic E-state index is 0.256. The van der Waals surface area contributed by atoms with Crippen molar-refractivity contribution >= 4 is 34.3 Å². The van der Waals surface area contributed by atoms with Crippen LogP contribution >= 0.6 is 11.8 Å². The van der Waals surface area contributed by atoms with Crippen LogP contribution in [0.15, 0.2) is 223 Å². The average Bonchev–Trinajstić information content (AvgIpc) is 3.93. The Morgan fingerprint density at radius 3 is 2.18 bits per heavy atom. The van der Waals surface area contributed by atoms with E-state index in [2.05, 4.69) is 223 Å². The zero-order chi connectivity index (χ0) is 43.1. The maximum atomic E-state index is 2.72. The highest BCUT2D eigenvalue weighted by molar-refractivity contribution is 8.00. The Labute approximate surface area is 389 Å². The molecule has 0 spiro atoms. The number of aryl methyl sites for hydroxylation is 1. The molecule has 7 aromatic rings. The van der Waals surface area contributed by atoms with Gasteiger partial charge < -0.3 is 4.90 Å². The monoisotopic (exact) mass is 855 g/mol. The molecule has 1 nitrogen and oxygen atoms in total. The summed E-state index contributed by atoms with van der Waals surface area (Å²) in [6.07, 6.45) is 25.1. The Hall–Kier alpha value is -6.61. The molecule has 12 rings (SSSR count). The van der Waals surface area contributed by atoms with E-state index < -0.39 is 0 Å². The van der Waals surface area contributed by atoms with Gasteiger partial charge >= 0.3 is 0 Å². The van der Waals surface area contributed by atoms with Gasteiger partial charge in [-0.05, 0) is 141 Å². The molecule has 0 bridgehead atoms. The van der Waals surface area contributed by atoms with Gasteiger partial charge in [-0.15, -0.1) is 11.8 Å². The molecule has 2 heterocycles. The van der Waals surface area contributed by atoms with Crippen LogP contribution in [0.25, 0.3) is 33.4 Å². The smallest absolute Gasteiger partial charge is 0.0464 e. The maximum Gasteiger partial charge on any atom is 0.0464 e. The number of anilines is 2. The maximum absolute atomic E-state index is 2.72. The van der Waals surface area contributed by atoms with E-state index in [1.807, 2.05) is 11.8 Å². The van der Waals surface area contributed by atoms with E-state index in [0.717, 1.165) is 38.5 Å². The fourth-order valence-corrected chi connectivity index (χ4v) is 12.9. The molecule has 0 fully saturated rings. The van der Waals surface area contributed by atoms with Crippen LogP contribution in [0, 0.1) is 0 Å². The van der Waals surface area contributed by atoms with Gasteiger partial charge in [-0.3, -0.25) is 0 Å². The number of benzene rings is 7. The first kappa shape index (κ1) is 39.9. The fraction of sp³-hybridized carbons (Fsp3) is 0.175. The summed E-state index contributed by atoms with van der Waals surface area (Å²) >= 11 is 2.03. The highest BCUT2D eigenvalue weighted by Crippen LogP contribution is 2.57. The van der Waals surface area contributed by atoms with Crippen molar-refractivity contribution in [2.24, 2.45) is 0 Å². The summed E-state index contributed by atoms with van der Waals surface area (Å²) in [5, 5.41) is 0.486. The molecule has 0 amide bonds. The van der Waals surface area contributed by atoms with Crippen molar-refractivity contribution in [2.75, 3.05) is 4.90 Å². The van der Waals surface area contributed by atoms with Crippen molar-refractivity contribution in [3.63, 3.8) is 0 Å². The molecule has 2 aliphatic heterocycles. The molecule has 0 radical (unpaired) electrons. The molecule has 0 aromatic heterocycles. The largest absolute Gasteiger partial charge is 0.337 e. The number of hydrogen-bond acceptors (Lipinski definition) is 2. The molecule has 2 heteroatoms. The van der Waals surface area contributed by atoms with Crippen LogP contribution in [0.1, 0.15) is 88.8 Å². The topological polar surface area (TPSA) is 3.24 Å². The lowest BCUT2D eigenvalue weighted by atomic mass is 9.80. The van der Waals surface area contributed by atoms with Crippen molar-refractivity contribution < 1.29 is 0 Å². The third-order valence-corrected chi connectivity index (χ3v) is 16.0. The van der Waals surface area contributed by atoms with Crippen LogP contribution in [0.3, 0.4) is 0 Å². The van der Waals surface area contributed by atoms with Gasteiger partial charge in [0.25, 0.3) is 0 Å². The summed E-state index contributed by atoms with van der Waals surface area (Å²) in [5.41, 5.74) is 20.7. The zero-order valence-corrected chi connectivity index (χ0v) is 37.6. The molecule has 65 heavy (non-hydrogen) atoms. The molecular formula is C63H53NS. The molecular weight excluding hydrogens is 803 g/mol. The average molecular weight is 856 g/mol. The Morgan fingerprint density at radius 2 is 1.31 bits per heavy atom. The molecule has 5 unspecified atom stereocenters. The molecule has 0 saturated carbocycles. The van der Waals surface area contributed by atoms with Crippen LogP contribution < -0.4 is 4.90 Å². The quantitative estimate of drug-likeness (QED) is 0.135. The van der Waals surface area contributed by atoms with E-state index in [9.17, 15) is 0 Å². The summed E-state index contributed by atoms with van der Waals surface area (Å²) in [5.74, 6) is 1.03. The molecule has 3 aliphatic carbocycles. The van der Waals surface area contributed by atoms with Gasteiger partial charge in [0.2, 0.25) is 0 Å². The Balaban J connectivity index is 0.827. The Kier molecular flexibility index (Phi) is 10.7. The van der Waals surface area contributed by atoms with Gasteiger partial charge in [-0.25, -0.2) is 0 Å². The van der Waals surface area contributed by atoms with Crippen molar-refractivity contribution in [2.45, 2.75) is 72.5 Å². The molecule has 5 aliphatic rings. The number of thioether (sulfide) groups is 1. The predicted octanol–water partition coefficient (Wildman–Crippen LogP) is 16.7. The molecule has 5 atom stereocenters. The second-order valence-electron chi connectivity index (χ2n) is 18.4. The van der Waals surface area contributed by atoms with E-state index >= 15 is 0 Å². The Bertz CT molecular complexity index is 3060. The number of nitrogens with zero attached hydrogens (tertiary/aromatic N) is 1. The van der Waals surface area contributed by atoms with Crippen molar-refractivity contribution in [1.29, 1.82) is 0 Å². The van der Waals surface area contributed by atoms with Crippen LogP contribution in [-0.2, 0) is 6.42 Å². The van der Waals surface area contributed by atoms with E-state index in [-0.39, 0.29) is 5.92 Å². The first-order chi connectivity index (χ1) is 32.2. The van der Waals surface area contributed by atoms with Gasteiger partial charge in [-0.1, -0.05) is 188 Å². The summed E-state index contributed by atoms with van der Waals surface area (Å²) < 4.78 is 0. The number of allylic oxidation sites excluding steroid dienone is 8. The highest BCUT2D eigenvalue weighted by Gasteiger charge is 2.43. The molecule has 0 saturated heterocycles. The Morgan fingerprint density at radius 1 is 0.569 bits per heavy atom. The van der Waals surface area contributed by atoms with Gasteiger partial charge in [-0.2, -0.15) is 0 Å². The van der Waals surface area contributed by atoms with Crippen LogP contribution in [0.5, 0.6) is 0 Å². The third-order valence-electron chi connectivity index (χ3n) is 14.7. The van der Waals surface area contributed by atoms with Crippen molar-refractivity contribution in [3.8, 4) is 22.3 Å². The van der Waals surface area contributed by atoms with Crippen molar-refractivity contribution in [1.82, 2.24) is 0 Å². The van der Waals surface area contributed by atoms with E-state index in [1.165, 1.54) is 88.6 Å². The lowest BCUT2D eigenvalue weighted by Gasteiger charge is -2.35. The lowest BCUT2D eigenvalue weighted by Crippen LogP contribution is -2.32. The fourth-order valence-electron chi connectivity index (χ4n) is 11.6. The predicted molar refractivity (Wildman–Crippen MR) is 276 cm³/mol. The van der Waals surface area contributed by atoms with Gasteiger partial charge in [0, 0.05) is 45.3 Å². The highest BCUT2D eigenvalue weighted by atomic mass is 32.2. The van der Waals surface area contributed by atoms with Gasteiger partial charge in [0.1, 0.15) is 0 Å².